The molecule has 0 bridgehead atoms. The van der Waals surface area contributed by atoms with Gasteiger partial charge in [-0.15, -0.1) is 24.0 Å². The van der Waals surface area contributed by atoms with Gasteiger partial charge in [0.05, 0.1) is 32.2 Å². The van der Waals surface area contributed by atoms with Crippen molar-refractivity contribution in [2.24, 2.45) is 4.99 Å². The number of pyridine rings is 1. The molecule has 8 heteroatoms. The molecule has 1 atom stereocenters. The summed E-state index contributed by atoms with van der Waals surface area (Å²) in [4.78, 5) is 8.80. The minimum atomic E-state index is -1.13. The Morgan fingerprint density at radius 1 is 1.32 bits per heavy atom. The second-order valence-corrected chi connectivity index (χ2v) is 5.47. The van der Waals surface area contributed by atoms with Crippen molar-refractivity contribution in [2.75, 3.05) is 20.2 Å². The molecular formula is C17H25IN4O3. The molecule has 0 aliphatic rings. The van der Waals surface area contributed by atoms with Gasteiger partial charge in [0, 0.05) is 12.6 Å². The van der Waals surface area contributed by atoms with E-state index >= 15 is 0 Å². The molecular weight excluding hydrogens is 435 g/mol. The number of methoxy groups -OCH3 is 1. The SMILES string of the molecule is CCNC(=NCc1cccc(OC)n1)NCC(C)(O)c1ccco1.I. The average molecular weight is 460 g/mol. The summed E-state index contributed by atoms with van der Waals surface area (Å²) >= 11 is 0. The van der Waals surface area contributed by atoms with E-state index < -0.39 is 5.60 Å². The summed E-state index contributed by atoms with van der Waals surface area (Å²) < 4.78 is 10.4. The van der Waals surface area contributed by atoms with Crippen LogP contribution < -0.4 is 15.4 Å². The Morgan fingerprint density at radius 3 is 2.76 bits per heavy atom. The van der Waals surface area contributed by atoms with Crippen LogP contribution in [0, 0.1) is 0 Å². The molecule has 2 aromatic rings. The zero-order chi connectivity index (χ0) is 17.4. The van der Waals surface area contributed by atoms with Gasteiger partial charge in [-0.3, -0.25) is 0 Å². The predicted octanol–water partition coefficient (Wildman–Crippen LogP) is 2.26. The summed E-state index contributed by atoms with van der Waals surface area (Å²) in [6.45, 7) is 5.03. The van der Waals surface area contributed by atoms with E-state index in [1.54, 1.807) is 32.2 Å². The van der Waals surface area contributed by atoms with Crippen LogP contribution in [0.2, 0.25) is 0 Å². The number of rotatable bonds is 7. The number of nitrogens with one attached hydrogen (secondary N) is 2. The van der Waals surface area contributed by atoms with E-state index in [2.05, 4.69) is 20.6 Å². The number of aliphatic imine (C=N–C) groups is 1. The lowest BCUT2D eigenvalue weighted by Gasteiger charge is -2.22. The van der Waals surface area contributed by atoms with Gasteiger partial charge in [-0.25, -0.2) is 9.98 Å². The van der Waals surface area contributed by atoms with Crippen LogP contribution in [0.5, 0.6) is 5.88 Å². The lowest BCUT2D eigenvalue weighted by Crippen LogP contribution is -2.44. The Morgan fingerprint density at radius 2 is 2.12 bits per heavy atom. The molecule has 0 aromatic carbocycles. The zero-order valence-electron chi connectivity index (χ0n) is 14.7. The van der Waals surface area contributed by atoms with E-state index in [0.717, 1.165) is 5.69 Å². The molecule has 3 N–H and O–H groups in total. The maximum absolute atomic E-state index is 10.5. The van der Waals surface area contributed by atoms with Gasteiger partial charge in [-0.05, 0) is 32.0 Å². The monoisotopic (exact) mass is 460 g/mol. The lowest BCUT2D eigenvalue weighted by atomic mass is 10.0. The molecule has 2 aromatic heterocycles. The third-order valence-electron chi connectivity index (χ3n) is 3.39. The van der Waals surface area contributed by atoms with Crippen molar-refractivity contribution in [3.8, 4) is 5.88 Å². The number of halogens is 1. The maximum atomic E-state index is 10.5. The van der Waals surface area contributed by atoms with Crippen molar-refractivity contribution in [3.63, 3.8) is 0 Å². The molecule has 0 aliphatic heterocycles. The summed E-state index contributed by atoms with van der Waals surface area (Å²) in [7, 11) is 1.58. The zero-order valence-corrected chi connectivity index (χ0v) is 17.0. The van der Waals surface area contributed by atoms with Gasteiger partial charge >= 0.3 is 0 Å². The molecule has 2 heterocycles. The van der Waals surface area contributed by atoms with Crippen molar-refractivity contribution < 1.29 is 14.3 Å². The molecule has 25 heavy (non-hydrogen) atoms. The van der Waals surface area contributed by atoms with E-state index in [0.29, 0.717) is 30.7 Å². The van der Waals surface area contributed by atoms with E-state index in [1.165, 1.54) is 6.26 Å². The minimum Gasteiger partial charge on any atom is -0.481 e. The van der Waals surface area contributed by atoms with Crippen LogP contribution >= 0.6 is 24.0 Å². The average Bonchev–Trinajstić information content (AvgIpc) is 3.13. The normalized spacial score (nSPS) is 13.5. The first-order chi connectivity index (χ1) is 11.5. The number of nitrogens with zero attached hydrogens (tertiary/aromatic N) is 2. The highest BCUT2D eigenvalue weighted by Crippen LogP contribution is 2.19. The van der Waals surface area contributed by atoms with Crippen molar-refractivity contribution in [3.05, 3.63) is 48.0 Å². The van der Waals surface area contributed by atoms with Gasteiger partial charge in [0.25, 0.3) is 0 Å². The van der Waals surface area contributed by atoms with Crippen molar-refractivity contribution in [1.82, 2.24) is 15.6 Å². The second kappa shape index (κ2) is 10.2. The quantitative estimate of drug-likeness (QED) is 0.334. The Labute approximate surface area is 164 Å². The third-order valence-corrected chi connectivity index (χ3v) is 3.39. The lowest BCUT2D eigenvalue weighted by molar-refractivity contribution is 0.0386. The molecule has 0 spiro atoms. The first-order valence-electron chi connectivity index (χ1n) is 7.83. The fourth-order valence-corrected chi connectivity index (χ4v) is 2.09. The van der Waals surface area contributed by atoms with E-state index in [1.807, 2.05) is 19.1 Å². The molecule has 0 saturated heterocycles. The fourth-order valence-electron chi connectivity index (χ4n) is 2.09. The number of furan rings is 1. The smallest absolute Gasteiger partial charge is 0.213 e. The number of guanidine groups is 1. The van der Waals surface area contributed by atoms with Crippen molar-refractivity contribution in [1.29, 1.82) is 0 Å². The van der Waals surface area contributed by atoms with Crippen molar-refractivity contribution in [2.45, 2.75) is 26.0 Å². The summed E-state index contributed by atoms with van der Waals surface area (Å²) in [6.07, 6.45) is 1.54. The Balaban J connectivity index is 0.00000312. The topological polar surface area (TPSA) is 91.9 Å². The van der Waals surface area contributed by atoms with Crippen LogP contribution in [0.4, 0.5) is 0 Å². The molecule has 0 amide bonds. The van der Waals surface area contributed by atoms with Gasteiger partial charge in [0.1, 0.15) is 11.4 Å². The van der Waals surface area contributed by atoms with Gasteiger partial charge in [-0.2, -0.15) is 0 Å². The molecule has 0 aliphatic carbocycles. The molecule has 0 fully saturated rings. The first-order valence-corrected chi connectivity index (χ1v) is 7.83. The van der Waals surface area contributed by atoms with Crippen LogP contribution in [-0.2, 0) is 12.1 Å². The van der Waals surface area contributed by atoms with Crippen LogP contribution in [0.3, 0.4) is 0 Å². The van der Waals surface area contributed by atoms with Crippen LogP contribution in [0.15, 0.2) is 46.0 Å². The molecule has 0 saturated carbocycles. The maximum Gasteiger partial charge on any atom is 0.213 e. The third kappa shape index (κ3) is 6.54. The van der Waals surface area contributed by atoms with Crippen LogP contribution in [0.25, 0.3) is 0 Å². The Hall–Kier alpha value is -1.81. The predicted molar refractivity (Wildman–Crippen MR) is 107 cm³/mol. The number of aromatic nitrogens is 1. The van der Waals surface area contributed by atoms with Gasteiger partial charge < -0.3 is 24.9 Å². The molecule has 7 nitrogen and oxygen atoms in total. The summed E-state index contributed by atoms with van der Waals surface area (Å²) in [5.41, 5.74) is -0.335. The van der Waals surface area contributed by atoms with E-state index in [9.17, 15) is 5.11 Å². The van der Waals surface area contributed by atoms with E-state index in [-0.39, 0.29) is 30.5 Å². The fraction of sp³-hybridized carbons (Fsp3) is 0.412. The number of hydrogen-bond donors (Lipinski definition) is 3. The van der Waals surface area contributed by atoms with Crippen LogP contribution in [-0.4, -0.2) is 36.2 Å². The Kier molecular flexibility index (Phi) is 8.70. The summed E-state index contributed by atoms with van der Waals surface area (Å²) in [6, 6.07) is 9.04. The molecule has 138 valence electrons. The van der Waals surface area contributed by atoms with Crippen LogP contribution in [0.1, 0.15) is 25.3 Å². The highest BCUT2D eigenvalue weighted by Gasteiger charge is 2.26. The number of ether oxygens (including phenoxy) is 1. The summed E-state index contributed by atoms with van der Waals surface area (Å²) in [5.74, 6) is 1.65. The Bertz CT molecular complexity index is 660. The second-order valence-electron chi connectivity index (χ2n) is 5.47. The molecule has 0 radical (unpaired) electrons. The standard InChI is InChI=1S/C17H24N4O3.HI/c1-4-18-16(19-11-13-7-5-9-15(21-13)23-3)20-12-17(2,22)14-8-6-10-24-14;/h5-10,22H,4,11-12H2,1-3H3,(H2,18,19,20);1H. The minimum absolute atomic E-state index is 0. The summed E-state index contributed by atoms with van der Waals surface area (Å²) in [5, 5.41) is 16.7. The largest absolute Gasteiger partial charge is 0.481 e. The first kappa shape index (κ1) is 21.2. The molecule has 1 unspecified atom stereocenters. The molecule has 2 rings (SSSR count). The van der Waals surface area contributed by atoms with E-state index in [4.69, 9.17) is 9.15 Å². The van der Waals surface area contributed by atoms with Gasteiger partial charge in [-0.1, -0.05) is 6.07 Å². The number of hydrogen-bond acceptors (Lipinski definition) is 5. The van der Waals surface area contributed by atoms with Crippen molar-refractivity contribution >= 4 is 29.9 Å². The highest BCUT2D eigenvalue weighted by atomic mass is 127. The van der Waals surface area contributed by atoms with Gasteiger partial charge in [0.2, 0.25) is 5.88 Å². The highest BCUT2D eigenvalue weighted by molar-refractivity contribution is 14.0. The van der Waals surface area contributed by atoms with Gasteiger partial charge in [0.15, 0.2) is 5.96 Å². The number of aliphatic hydroxyl groups is 1.